The van der Waals surface area contributed by atoms with Gasteiger partial charge in [-0.25, -0.2) is 0 Å². The van der Waals surface area contributed by atoms with Crippen LogP contribution in [0.4, 0.5) is 0 Å². The van der Waals surface area contributed by atoms with Gasteiger partial charge in [-0.05, 0) is 44.0 Å². The molecule has 2 aromatic rings. The molecule has 0 spiro atoms. The van der Waals surface area contributed by atoms with Crippen LogP contribution in [0.1, 0.15) is 31.7 Å². The van der Waals surface area contributed by atoms with Crippen LogP contribution in [0.2, 0.25) is 5.02 Å². The molecule has 1 aromatic carbocycles. The molecule has 3 atom stereocenters. The number of nitrogens with one attached hydrogen (secondary N) is 1. The van der Waals surface area contributed by atoms with Crippen LogP contribution in [0, 0.1) is 0 Å². The zero-order chi connectivity index (χ0) is 12.7. The summed E-state index contributed by atoms with van der Waals surface area (Å²) in [5, 5.41) is 5.43. The largest absolute Gasteiger partial charge is 0.311 e. The fourth-order valence-electron chi connectivity index (χ4n) is 3.07. The van der Waals surface area contributed by atoms with Crippen molar-refractivity contribution in [3.8, 4) is 0 Å². The molecule has 1 aliphatic heterocycles. The minimum Gasteiger partial charge on any atom is -0.311 e. The molecule has 18 heavy (non-hydrogen) atoms. The molecule has 3 heteroatoms. The first kappa shape index (κ1) is 11.9. The average molecular weight is 261 g/mol. The van der Waals surface area contributed by atoms with Crippen LogP contribution in [-0.4, -0.2) is 17.1 Å². The Hall–Kier alpha value is -1.12. The highest BCUT2D eigenvalue weighted by molar-refractivity contribution is 6.35. The maximum absolute atomic E-state index is 6.25. The topological polar surface area (TPSA) is 24.9 Å². The number of benzene rings is 1. The van der Waals surface area contributed by atoms with E-state index in [0.717, 1.165) is 22.3 Å². The van der Waals surface area contributed by atoms with Crippen LogP contribution < -0.4 is 5.32 Å². The summed E-state index contributed by atoms with van der Waals surface area (Å²) in [4.78, 5) is 4.53. The van der Waals surface area contributed by atoms with Crippen molar-refractivity contribution in [2.75, 3.05) is 0 Å². The van der Waals surface area contributed by atoms with Crippen LogP contribution in [0.25, 0.3) is 10.9 Å². The minimum atomic E-state index is 0.492. The van der Waals surface area contributed by atoms with Crippen LogP contribution in [-0.2, 0) is 0 Å². The minimum absolute atomic E-state index is 0.492. The van der Waals surface area contributed by atoms with E-state index in [0.29, 0.717) is 18.0 Å². The van der Waals surface area contributed by atoms with Gasteiger partial charge in [-0.1, -0.05) is 17.7 Å². The molecule has 1 aliphatic rings. The molecule has 3 unspecified atom stereocenters. The number of rotatable bonds is 1. The van der Waals surface area contributed by atoms with Crippen LogP contribution in [0.15, 0.2) is 30.5 Å². The summed E-state index contributed by atoms with van der Waals surface area (Å²) in [6.07, 6.45) is 3.01. The van der Waals surface area contributed by atoms with Crippen molar-refractivity contribution in [2.45, 2.75) is 38.3 Å². The molecule has 94 valence electrons. The van der Waals surface area contributed by atoms with Gasteiger partial charge in [-0.2, -0.15) is 0 Å². The van der Waals surface area contributed by atoms with E-state index >= 15 is 0 Å². The van der Waals surface area contributed by atoms with Gasteiger partial charge in [-0.3, -0.25) is 4.98 Å². The number of hydrogen-bond acceptors (Lipinski definition) is 2. The van der Waals surface area contributed by atoms with Crippen molar-refractivity contribution in [1.29, 1.82) is 0 Å². The second kappa shape index (κ2) is 4.52. The highest BCUT2D eigenvalue weighted by atomic mass is 35.5. The maximum atomic E-state index is 6.25. The predicted molar refractivity (Wildman–Crippen MR) is 76.2 cm³/mol. The first-order valence-electron chi connectivity index (χ1n) is 6.46. The molecule has 1 fully saturated rings. The lowest BCUT2D eigenvalue weighted by molar-refractivity contribution is 0.576. The number of nitrogens with zero attached hydrogens (tertiary/aromatic N) is 1. The quantitative estimate of drug-likeness (QED) is 0.845. The number of fused-ring (bicyclic) bond motifs is 1. The molecule has 1 N–H and O–H groups in total. The van der Waals surface area contributed by atoms with Crippen molar-refractivity contribution in [2.24, 2.45) is 0 Å². The van der Waals surface area contributed by atoms with Crippen molar-refractivity contribution in [3.63, 3.8) is 0 Å². The standard InChI is InChI=1S/C15H17ClN2/c1-9-8-13(10(2)18-9)11-5-6-14(16)12-4-3-7-17-15(11)12/h3-7,9-10,13,18H,8H2,1-2H3. The highest BCUT2D eigenvalue weighted by Crippen LogP contribution is 2.36. The predicted octanol–water partition coefficient (Wildman–Crippen LogP) is 3.74. The summed E-state index contributed by atoms with van der Waals surface area (Å²) < 4.78 is 0. The maximum Gasteiger partial charge on any atom is 0.0752 e. The van der Waals surface area contributed by atoms with Gasteiger partial charge in [0, 0.05) is 34.6 Å². The molecule has 2 nitrogen and oxygen atoms in total. The van der Waals surface area contributed by atoms with Gasteiger partial charge in [-0.15, -0.1) is 0 Å². The zero-order valence-corrected chi connectivity index (χ0v) is 11.4. The Kier molecular flexibility index (Phi) is 3.00. The summed E-state index contributed by atoms with van der Waals surface area (Å²) in [5.41, 5.74) is 2.37. The third-order valence-corrected chi connectivity index (χ3v) is 4.24. The van der Waals surface area contributed by atoms with Gasteiger partial charge >= 0.3 is 0 Å². The van der Waals surface area contributed by atoms with Gasteiger partial charge in [0.25, 0.3) is 0 Å². The van der Waals surface area contributed by atoms with Gasteiger partial charge in [0.2, 0.25) is 0 Å². The smallest absolute Gasteiger partial charge is 0.0752 e. The molecule has 0 bridgehead atoms. The van der Waals surface area contributed by atoms with Crippen molar-refractivity contribution >= 4 is 22.5 Å². The van der Waals surface area contributed by atoms with Crippen molar-refractivity contribution in [1.82, 2.24) is 10.3 Å². The van der Waals surface area contributed by atoms with E-state index in [2.05, 4.69) is 30.2 Å². The molecule has 0 radical (unpaired) electrons. The summed E-state index contributed by atoms with van der Waals surface area (Å²) >= 11 is 6.25. The van der Waals surface area contributed by atoms with E-state index in [1.165, 1.54) is 5.56 Å². The van der Waals surface area contributed by atoms with E-state index in [1.54, 1.807) is 0 Å². The Morgan fingerprint density at radius 1 is 1.28 bits per heavy atom. The molecular formula is C15H17ClN2. The van der Waals surface area contributed by atoms with Crippen LogP contribution >= 0.6 is 11.6 Å². The lowest BCUT2D eigenvalue weighted by atomic mass is 9.90. The number of halogens is 1. The lowest BCUT2D eigenvalue weighted by Gasteiger charge is -2.17. The second-order valence-corrected chi connectivity index (χ2v) is 5.64. The van der Waals surface area contributed by atoms with E-state index in [1.807, 2.05) is 24.4 Å². The van der Waals surface area contributed by atoms with Crippen LogP contribution in [0.5, 0.6) is 0 Å². The summed E-state index contributed by atoms with van der Waals surface area (Å²) in [5.74, 6) is 0.523. The Balaban J connectivity index is 2.15. The third kappa shape index (κ3) is 1.90. The average Bonchev–Trinajstić information content (AvgIpc) is 2.69. The lowest BCUT2D eigenvalue weighted by Crippen LogP contribution is -2.26. The fraction of sp³-hybridized carbons (Fsp3) is 0.400. The van der Waals surface area contributed by atoms with E-state index in [9.17, 15) is 0 Å². The SMILES string of the molecule is CC1CC(c2ccc(Cl)c3cccnc23)C(C)N1. The highest BCUT2D eigenvalue weighted by Gasteiger charge is 2.30. The monoisotopic (exact) mass is 260 g/mol. The normalized spacial score (nSPS) is 27.8. The summed E-state index contributed by atoms with van der Waals surface area (Å²) in [6, 6.07) is 9.18. The molecular weight excluding hydrogens is 244 g/mol. The third-order valence-electron chi connectivity index (χ3n) is 3.91. The Labute approximate surface area is 112 Å². The summed E-state index contributed by atoms with van der Waals surface area (Å²) in [6.45, 7) is 4.49. The molecule has 0 aliphatic carbocycles. The molecule has 1 saturated heterocycles. The van der Waals surface area contributed by atoms with Gasteiger partial charge in [0.1, 0.15) is 0 Å². The van der Waals surface area contributed by atoms with Crippen LogP contribution in [0.3, 0.4) is 0 Å². The van der Waals surface area contributed by atoms with E-state index < -0.39 is 0 Å². The van der Waals surface area contributed by atoms with Crippen molar-refractivity contribution < 1.29 is 0 Å². The van der Waals surface area contributed by atoms with E-state index in [-0.39, 0.29) is 0 Å². The molecule has 1 aromatic heterocycles. The number of hydrogen-bond donors (Lipinski definition) is 1. The molecule has 0 saturated carbocycles. The van der Waals surface area contributed by atoms with Crippen molar-refractivity contribution in [3.05, 3.63) is 41.0 Å². The zero-order valence-electron chi connectivity index (χ0n) is 10.7. The second-order valence-electron chi connectivity index (χ2n) is 5.23. The number of pyridine rings is 1. The van der Waals surface area contributed by atoms with Gasteiger partial charge < -0.3 is 5.32 Å². The first-order chi connectivity index (χ1) is 8.66. The fourth-order valence-corrected chi connectivity index (χ4v) is 3.29. The Bertz CT molecular complexity index is 582. The molecule has 0 amide bonds. The van der Waals surface area contributed by atoms with Gasteiger partial charge in [0.15, 0.2) is 0 Å². The molecule has 2 heterocycles. The van der Waals surface area contributed by atoms with E-state index in [4.69, 9.17) is 11.6 Å². The first-order valence-corrected chi connectivity index (χ1v) is 6.84. The van der Waals surface area contributed by atoms with Gasteiger partial charge in [0.05, 0.1) is 5.52 Å². The summed E-state index contributed by atoms with van der Waals surface area (Å²) in [7, 11) is 0. The molecule has 3 rings (SSSR count). The Morgan fingerprint density at radius 2 is 2.11 bits per heavy atom. The Morgan fingerprint density at radius 3 is 2.83 bits per heavy atom. The number of aromatic nitrogens is 1.